The molecule has 0 saturated carbocycles. The lowest BCUT2D eigenvalue weighted by Crippen LogP contribution is -2.25. The predicted molar refractivity (Wildman–Crippen MR) is 113 cm³/mol. The number of rotatable bonds is 6. The molecule has 0 aliphatic heterocycles. The molecule has 1 amide bonds. The number of hydrogen-bond acceptors (Lipinski definition) is 3. The minimum atomic E-state index is -0.176. The first kappa shape index (κ1) is 18.5. The number of amides is 1. The third-order valence-electron chi connectivity index (χ3n) is 4.62. The second-order valence-corrected chi connectivity index (χ2v) is 6.56. The van der Waals surface area contributed by atoms with Crippen LogP contribution in [0.3, 0.4) is 0 Å². The van der Waals surface area contributed by atoms with E-state index in [-0.39, 0.29) is 5.91 Å². The molecule has 4 aromatic rings. The molecule has 4 rings (SSSR count). The molecule has 0 saturated heterocycles. The van der Waals surface area contributed by atoms with Crippen molar-refractivity contribution in [2.75, 3.05) is 7.11 Å². The summed E-state index contributed by atoms with van der Waals surface area (Å²) in [4.78, 5) is 13.0. The first-order valence-corrected chi connectivity index (χ1v) is 9.36. The van der Waals surface area contributed by atoms with Crippen LogP contribution in [0.5, 0.6) is 5.75 Å². The average Bonchev–Trinajstić information content (AvgIpc) is 3.24. The number of carbonyl (C=O) groups excluding carboxylic acids is 1. The second kappa shape index (κ2) is 8.44. The van der Waals surface area contributed by atoms with Crippen LogP contribution in [0, 0.1) is 0 Å². The number of hydrogen-bond donors (Lipinski definition) is 1. The Labute approximate surface area is 169 Å². The van der Waals surface area contributed by atoms with E-state index in [2.05, 4.69) is 5.32 Å². The number of ether oxygens (including phenoxy) is 1. The minimum Gasteiger partial charge on any atom is -0.497 e. The second-order valence-electron chi connectivity index (χ2n) is 6.56. The molecule has 0 radical (unpaired) electrons. The van der Waals surface area contributed by atoms with E-state index in [1.54, 1.807) is 11.8 Å². The van der Waals surface area contributed by atoms with Gasteiger partial charge < -0.3 is 10.1 Å². The van der Waals surface area contributed by atoms with E-state index in [1.807, 2.05) is 91.0 Å². The molecule has 0 bridgehead atoms. The van der Waals surface area contributed by atoms with Crippen molar-refractivity contribution in [3.8, 4) is 22.7 Å². The lowest BCUT2D eigenvalue weighted by molar-refractivity contribution is 0.0943. The summed E-state index contributed by atoms with van der Waals surface area (Å²) in [5.41, 5.74) is 4.00. The molecule has 1 heterocycles. The number of methoxy groups -OCH3 is 1. The Morgan fingerprint density at radius 3 is 2.24 bits per heavy atom. The van der Waals surface area contributed by atoms with E-state index in [0.29, 0.717) is 12.2 Å². The number of aromatic nitrogens is 2. The molecule has 0 spiro atoms. The van der Waals surface area contributed by atoms with Crippen LogP contribution in [0.15, 0.2) is 91.0 Å². The van der Waals surface area contributed by atoms with Gasteiger partial charge in [-0.25, -0.2) is 4.68 Å². The van der Waals surface area contributed by atoms with Gasteiger partial charge in [-0.1, -0.05) is 48.5 Å². The lowest BCUT2D eigenvalue weighted by Gasteiger charge is -2.08. The summed E-state index contributed by atoms with van der Waals surface area (Å²) in [6.07, 6.45) is 0. The lowest BCUT2D eigenvalue weighted by atomic mass is 10.1. The van der Waals surface area contributed by atoms with Gasteiger partial charge in [-0.05, 0) is 48.0 Å². The van der Waals surface area contributed by atoms with Crippen LogP contribution in [0.4, 0.5) is 0 Å². The van der Waals surface area contributed by atoms with Crippen molar-refractivity contribution < 1.29 is 9.53 Å². The molecule has 1 aromatic heterocycles. The topological polar surface area (TPSA) is 56.1 Å². The van der Waals surface area contributed by atoms with Crippen LogP contribution < -0.4 is 10.1 Å². The molecule has 144 valence electrons. The molecular formula is C24H21N3O2. The van der Waals surface area contributed by atoms with Crippen molar-refractivity contribution in [1.82, 2.24) is 15.1 Å². The fourth-order valence-electron chi connectivity index (χ4n) is 3.08. The van der Waals surface area contributed by atoms with Gasteiger partial charge in [0.15, 0.2) is 0 Å². The highest BCUT2D eigenvalue weighted by atomic mass is 16.5. The van der Waals surface area contributed by atoms with E-state index < -0.39 is 0 Å². The molecule has 3 aromatic carbocycles. The van der Waals surface area contributed by atoms with Crippen molar-refractivity contribution in [1.29, 1.82) is 0 Å². The molecule has 0 aliphatic rings. The Morgan fingerprint density at radius 2 is 1.59 bits per heavy atom. The summed E-state index contributed by atoms with van der Waals surface area (Å²) >= 11 is 0. The normalized spacial score (nSPS) is 10.5. The molecule has 0 unspecified atom stereocenters. The summed E-state index contributed by atoms with van der Waals surface area (Å²) in [6, 6.07) is 28.9. The molecule has 5 nitrogen and oxygen atoms in total. The van der Waals surface area contributed by atoms with Gasteiger partial charge in [-0.3, -0.25) is 4.79 Å². The quantitative estimate of drug-likeness (QED) is 0.534. The Kier molecular flexibility index (Phi) is 5.38. The maximum atomic E-state index is 13.0. The molecule has 5 heteroatoms. The van der Waals surface area contributed by atoms with E-state index >= 15 is 0 Å². The number of nitrogens with zero attached hydrogens (tertiary/aromatic N) is 2. The van der Waals surface area contributed by atoms with Crippen LogP contribution in [0.25, 0.3) is 16.9 Å². The summed E-state index contributed by atoms with van der Waals surface area (Å²) < 4.78 is 6.91. The van der Waals surface area contributed by atoms with E-state index in [1.165, 1.54) is 0 Å². The Balaban J connectivity index is 1.67. The molecule has 1 N–H and O–H groups in total. The number of nitrogens with one attached hydrogen (secondary N) is 1. The zero-order valence-corrected chi connectivity index (χ0v) is 16.1. The van der Waals surface area contributed by atoms with Crippen LogP contribution in [0.1, 0.15) is 16.1 Å². The van der Waals surface area contributed by atoms with Gasteiger partial charge in [0.25, 0.3) is 5.91 Å². The number of benzene rings is 3. The van der Waals surface area contributed by atoms with Gasteiger partial charge in [0.05, 0.1) is 18.5 Å². The van der Waals surface area contributed by atoms with E-state index in [9.17, 15) is 4.79 Å². The smallest absolute Gasteiger partial charge is 0.270 e. The summed E-state index contributed by atoms with van der Waals surface area (Å²) in [5.74, 6) is 0.599. The van der Waals surface area contributed by atoms with Crippen molar-refractivity contribution in [2.45, 2.75) is 6.54 Å². The summed E-state index contributed by atoms with van der Waals surface area (Å²) in [5, 5.41) is 7.69. The third-order valence-corrected chi connectivity index (χ3v) is 4.62. The molecule has 0 aliphatic carbocycles. The van der Waals surface area contributed by atoms with Crippen molar-refractivity contribution in [3.05, 3.63) is 102 Å². The fraction of sp³-hybridized carbons (Fsp3) is 0.0833. The molecular weight excluding hydrogens is 362 g/mol. The predicted octanol–water partition coefficient (Wildman–Crippen LogP) is 4.48. The van der Waals surface area contributed by atoms with Gasteiger partial charge in [-0.15, -0.1) is 0 Å². The Hall–Kier alpha value is -3.86. The van der Waals surface area contributed by atoms with Gasteiger partial charge in [0, 0.05) is 12.1 Å². The highest BCUT2D eigenvalue weighted by Gasteiger charge is 2.17. The fourth-order valence-corrected chi connectivity index (χ4v) is 3.08. The first-order valence-electron chi connectivity index (χ1n) is 9.36. The minimum absolute atomic E-state index is 0.176. The van der Waals surface area contributed by atoms with Gasteiger partial charge in [0.2, 0.25) is 0 Å². The van der Waals surface area contributed by atoms with Crippen molar-refractivity contribution >= 4 is 5.91 Å². The third kappa shape index (κ3) is 4.19. The monoisotopic (exact) mass is 383 g/mol. The van der Waals surface area contributed by atoms with Crippen LogP contribution >= 0.6 is 0 Å². The highest BCUT2D eigenvalue weighted by molar-refractivity contribution is 5.94. The van der Waals surface area contributed by atoms with Gasteiger partial charge in [0.1, 0.15) is 11.4 Å². The van der Waals surface area contributed by atoms with Gasteiger partial charge >= 0.3 is 0 Å². The first-order chi connectivity index (χ1) is 14.2. The Bertz CT molecular complexity index is 1090. The largest absolute Gasteiger partial charge is 0.497 e. The van der Waals surface area contributed by atoms with Crippen molar-refractivity contribution in [3.63, 3.8) is 0 Å². The van der Waals surface area contributed by atoms with Crippen LogP contribution in [0.2, 0.25) is 0 Å². The summed E-state index contributed by atoms with van der Waals surface area (Å²) in [6.45, 7) is 0.456. The summed E-state index contributed by atoms with van der Waals surface area (Å²) in [7, 11) is 1.63. The molecule has 29 heavy (non-hydrogen) atoms. The van der Waals surface area contributed by atoms with Crippen molar-refractivity contribution in [2.24, 2.45) is 0 Å². The zero-order chi connectivity index (χ0) is 20.1. The van der Waals surface area contributed by atoms with Crippen LogP contribution in [-0.2, 0) is 6.54 Å². The number of carbonyl (C=O) groups is 1. The van der Waals surface area contributed by atoms with Crippen LogP contribution in [-0.4, -0.2) is 22.8 Å². The van der Waals surface area contributed by atoms with E-state index in [4.69, 9.17) is 9.84 Å². The standard InChI is InChI=1S/C24H21N3O2/c1-29-21-14-12-19(13-15-21)22-16-23(27(26-22)20-10-6-3-7-11-20)24(28)25-17-18-8-4-2-5-9-18/h2-16H,17H2,1H3,(H,25,28). The SMILES string of the molecule is COc1ccc(-c2cc(C(=O)NCc3ccccc3)n(-c3ccccc3)n2)cc1. The van der Waals surface area contributed by atoms with Gasteiger partial charge in [-0.2, -0.15) is 5.10 Å². The molecule has 0 atom stereocenters. The number of para-hydroxylation sites is 1. The average molecular weight is 383 g/mol. The zero-order valence-electron chi connectivity index (χ0n) is 16.1. The molecule has 0 fully saturated rings. The maximum absolute atomic E-state index is 13.0. The van der Waals surface area contributed by atoms with E-state index in [0.717, 1.165) is 28.3 Å². The highest BCUT2D eigenvalue weighted by Crippen LogP contribution is 2.24. The maximum Gasteiger partial charge on any atom is 0.270 e. The Morgan fingerprint density at radius 1 is 0.931 bits per heavy atom.